The number of hydrogen-bond donors (Lipinski definition) is 0. The molecule has 80 valence electrons. The van der Waals surface area contributed by atoms with Crippen molar-refractivity contribution in [3.63, 3.8) is 0 Å². The number of nitrogens with zero attached hydrogens (tertiary/aromatic N) is 1. The van der Waals surface area contributed by atoms with Crippen LogP contribution in [-0.2, 0) is 4.74 Å². The predicted octanol–water partition coefficient (Wildman–Crippen LogP) is 2.93. The quantitative estimate of drug-likeness (QED) is 0.788. The zero-order valence-corrected chi connectivity index (χ0v) is 9.46. The highest BCUT2D eigenvalue weighted by Crippen LogP contribution is 2.28. The molecule has 3 nitrogen and oxygen atoms in total. The number of hydrogen-bond acceptors (Lipinski definition) is 2. The molecule has 1 saturated heterocycles. The summed E-state index contributed by atoms with van der Waals surface area (Å²) in [5.74, 6) is -0.337. The van der Waals surface area contributed by atoms with Crippen LogP contribution in [-0.4, -0.2) is 19.2 Å². The second kappa shape index (κ2) is 4.18. The Hall–Kier alpha value is -1.10. The number of carbonyl (C=O) groups excluding carboxylic acids is 1. The summed E-state index contributed by atoms with van der Waals surface area (Å²) < 4.78 is 18.3. The van der Waals surface area contributed by atoms with Crippen LogP contribution in [0.5, 0.6) is 0 Å². The second-order valence-electron chi connectivity index (χ2n) is 3.22. The smallest absolute Gasteiger partial charge is 0.414 e. The molecule has 1 aromatic carbocycles. The fourth-order valence-electron chi connectivity index (χ4n) is 1.47. The van der Waals surface area contributed by atoms with Crippen LogP contribution in [0.4, 0.5) is 14.9 Å². The summed E-state index contributed by atoms with van der Waals surface area (Å²) in [7, 11) is 0. The van der Waals surface area contributed by atoms with Crippen molar-refractivity contribution in [1.29, 1.82) is 0 Å². The monoisotopic (exact) mass is 273 g/mol. The van der Waals surface area contributed by atoms with Gasteiger partial charge in [-0.3, -0.25) is 4.90 Å². The van der Waals surface area contributed by atoms with Gasteiger partial charge in [-0.15, -0.1) is 0 Å². The first-order valence-electron chi connectivity index (χ1n) is 4.58. The Balaban J connectivity index is 2.31. The van der Waals surface area contributed by atoms with Gasteiger partial charge in [-0.2, -0.15) is 0 Å². The summed E-state index contributed by atoms with van der Waals surface area (Å²) in [4.78, 5) is 12.9. The van der Waals surface area contributed by atoms with Gasteiger partial charge in [-0.1, -0.05) is 0 Å². The van der Waals surface area contributed by atoms with Gasteiger partial charge in [0.1, 0.15) is 5.82 Å². The van der Waals surface area contributed by atoms with Crippen molar-refractivity contribution >= 4 is 27.7 Å². The molecule has 0 aromatic heterocycles. The Morgan fingerprint density at radius 3 is 2.93 bits per heavy atom. The Morgan fingerprint density at radius 1 is 1.47 bits per heavy atom. The highest BCUT2D eigenvalue weighted by atomic mass is 79.9. The maximum atomic E-state index is 12.8. The van der Waals surface area contributed by atoms with E-state index in [1.165, 1.54) is 17.0 Å². The summed E-state index contributed by atoms with van der Waals surface area (Å²) in [5.41, 5.74) is 0.640. The maximum Gasteiger partial charge on any atom is 0.414 e. The molecule has 2 rings (SSSR count). The molecule has 15 heavy (non-hydrogen) atoms. The fourth-order valence-corrected chi connectivity index (χ4v) is 2.04. The van der Waals surface area contributed by atoms with Crippen molar-refractivity contribution in [2.24, 2.45) is 0 Å². The van der Waals surface area contributed by atoms with Crippen LogP contribution in [0.3, 0.4) is 0 Å². The second-order valence-corrected chi connectivity index (χ2v) is 4.07. The summed E-state index contributed by atoms with van der Waals surface area (Å²) in [5, 5.41) is 0. The zero-order chi connectivity index (χ0) is 10.8. The molecule has 1 aliphatic rings. The Labute approximate surface area is 95.0 Å². The number of anilines is 1. The van der Waals surface area contributed by atoms with Gasteiger partial charge in [0.05, 0.1) is 12.3 Å². The van der Waals surface area contributed by atoms with Gasteiger partial charge in [0, 0.05) is 11.0 Å². The molecule has 0 N–H and O–H groups in total. The van der Waals surface area contributed by atoms with Crippen LogP contribution in [0.2, 0.25) is 0 Å². The minimum Gasteiger partial charge on any atom is -0.449 e. The minimum absolute atomic E-state index is 0.337. The molecule has 0 aliphatic carbocycles. The van der Waals surface area contributed by atoms with E-state index in [1.54, 1.807) is 6.07 Å². The average Bonchev–Trinajstić information content (AvgIpc) is 2.20. The molecule has 0 saturated carbocycles. The lowest BCUT2D eigenvalue weighted by Crippen LogP contribution is -2.37. The molecule has 1 heterocycles. The third-order valence-electron chi connectivity index (χ3n) is 2.17. The SMILES string of the molecule is O=C1OCCCN1c1ccc(F)cc1Br. The van der Waals surface area contributed by atoms with Crippen molar-refractivity contribution in [1.82, 2.24) is 0 Å². The van der Waals surface area contributed by atoms with E-state index in [0.29, 0.717) is 23.3 Å². The lowest BCUT2D eigenvalue weighted by Gasteiger charge is -2.27. The van der Waals surface area contributed by atoms with E-state index in [4.69, 9.17) is 4.74 Å². The highest BCUT2D eigenvalue weighted by Gasteiger charge is 2.22. The van der Waals surface area contributed by atoms with Crippen molar-refractivity contribution in [2.45, 2.75) is 6.42 Å². The van der Waals surface area contributed by atoms with Crippen LogP contribution in [0.15, 0.2) is 22.7 Å². The molecule has 0 unspecified atom stereocenters. The van der Waals surface area contributed by atoms with Crippen molar-refractivity contribution in [3.05, 3.63) is 28.5 Å². The standard InChI is InChI=1S/C10H9BrFNO2/c11-8-6-7(12)2-3-9(8)13-4-1-5-15-10(13)14/h2-3,6H,1,4-5H2. The largest absolute Gasteiger partial charge is 0.449 e. The number of halogens is 2. The van der Waals surface area contributed by atoms with Gasteiger partial charge in [-0.25, -0.2) is 9.18 Å². The first kappa shape index (κ1) is 10.4. The first-order chi connectivity index (χ1) is 7.18. The Kier molecular flexibility index (Phi) is 2.90. The summed E-state index contributed by atoms with van der Waals surface area (Å²) in [6, 6.07) is 4.21. The number of cyclic esters (lactones) is 1. The van der Waals surface area contributed by atoms with E-state index < -0.39 is 0 Å². The van der Waals surface area contributed by atoms with Gasteiger partial charge in [-0.05, 0) is 40.5 Å². The van der Waals surface area contributed by atoms with E-state index in [2.05, 4.69) is 15.9 Å². The fraction of sp³-hybridized carbons (Fsp3) is 0.300. The van der Waals surface area contributed by atoms with Crippen LogP contribution >= 0.6 is 15.9 Å². The normalized spacial score (nSPS) is 16.4. The molecular formula is C10H9BrFNO2. The van der Waals surface area contributed by atoms with Gasteiger partial charge in [0.2, 0.25) is 0 Å². The van der Waals surface area contributed by atoms with Crippen molar-refractivity contribution in [2.75, 3.05) is 18.1 Å². The third-order valence-corrected chi connectivity index (χ3v) is 2.81. The molecule has 1 fully saturated rings. The number of ether oxygens (including phenoxy) is 1. The van der Waals surface area contributed by atoms with Gasteiger partial charge >= 0.3 is 6.09 Å². The van der Waals surface area contributed by atoms with Gasteiger partial charge < -0.3 is 4.74 Å². The van der Waals surface area contributed by atoms with Gasteiger partial charge in [0.25, 0.3) is 0 Å². The van der Waals surface area contributed by atoms with E-state index in [1.807, 2.05) is 0 Å². The first-order valence-corrected chi connectivity index (χ1v) is 5.37. The summed E-state index contributed by atoms with van der Waals surface area (Å²) in [6.45, 7) is 1.05. The maximum absolute atomic E-state index is 12.8. The lowest BCUT2D eigenvalue weighted by atomic mass is 10.2. The highest BCUT2D eigenvalue weighted by molar-refractivity contribution is 9.10. The molecule has 5 heteroatoms. The van der Waals surface area contributed by atoms with Crippen molar-refractivity contribution < 1.29 is 13.9 Å². The summed E-state index contributed by atoms with van der Waals surface area (Å²) in [6.07, 6.45) is 0.406. The van der Waals surface area contributed by atoms with E-state index in [0.717, 1.165) is 6.42 Å². The molecule has 1 amide bonds. The number of benzene rings is 1. The predicted molar refractivity (Wildman–Crippen MR) is 57.4 cm³/mol. The third kappa shape index (κ3) is 2.12. The van der Waals surface area contributed by atoms with E-state index >= 15 is 0 Å². The van der Waals surface area contributed by atoms with Crippen LogP contribution in [0, 0.1) is 5.82 Å². The van der Waals surface area contributed by atoms with Crippen LogP contribution in [0.1, 0.15) is 6.42 Å². The molecule has 0 spiro atoms. The average molecular weight is 274 g/mol. The topological polar surface area (TPSA) is 29.5 Å². The van der Waals surface area contributed by atoms with E-state index in [-0.39, 0.29) is 11.9 Å². The van der Waals surface area contributed by atoms with Crippen LogP contribution < -0.4 is 4.90 Å². The zero-order valence-electron chi connectivity index (χ0n) is 7.87. The Bertz CT molecular complexity index is 397. The lowest BCUT2D eigenvalue weighted by molar-refractivity contribution is 0.140. The minimum atomic E-state index is -0.381. The molecular weight excluding hydrogens is 265 g/mol. The van der Waals surface area contributed by atoms with Crippen molar-refractivity contribution in [3.8, 4) is 0 Å². The molecule has 1 aromatic rings. The molecule has 0 atom stereocenters. The molecule has 0 bridgehead atoms. The summed E-state index contributed by atoms with van der Waals surface area (Å²) >= 11 is 3.22. The number of amides is 1. The van der Waals surface area contributed by atoms with Gasteiger partial charge in [0.15, 0.2) is 0 Å². The number of carbonyl (C=O) groups is 1. The van der Waals surface area contributed by atoms with Crippen LogP contribution in [0.25, 0.3) is 0 Å². The number of rotatable bonds is 1. The van der Waals surface area contributed by atoms with E-state index in [9.17, 15) is 9.18 Å². The Morgan fingerprint density at radius 2 is 2.27 bits per heavy atom. The molecule has 0 radical (unpaired) electrons. The molecule has 1 aliphatic heterocycles.